The molecule has 0 saturated heterocycles. The standard InChI is InChI=1S/C21H23N3O3S/c1-23(2)28(26,27)19-9-5-17(6-10-19)21(25)24(18-7-8-18)14-15-3-4-16-11-12-22-20(16)13-15/h3-6,9-13,18,22H,7-8,14H2,1-2H3. The zero-order valence-electron chi connectivity index (χ0n) is 15.9. The largest absolute Gasteiger partial charge is 0.361 e. The molecule has 0 spiro atoms. The second-order valence-corrected chi connectivity index (χ2v) is 9.53. The number of fused-ring (bicyclic) bond motifs is 1. The number of aromatic nitrogens is 1. The lowest BCUT2D eigenvalue weighted by molar-refractivity contribution is 0.0730. The molecule has 0 aliphatic heterocycles. The van der Waals surface area contributed by atoms with Crippen molar-refractivity contribution in [3.8, 4) is 0 Å². The Bertz CT molecular complexity index is 1110. The fourth-order valence-electron chi connectivity index (χ4n) is 3.29. The van der Waals surface area contributed by atoms with Crippen molar-refractivity contribution in [3.05, 3.63) is 65.9 Å². The molecule has 146 valence electrons. The molecule has 1 saturated carbocycles. The molecule has 1 heterocycles. The number of hydrogen-bond acceptors (Lipinski definition) is 3. The van der Waals surface area contributed by atoms with Gasteiger partial charge in [-0.3, -0.25) is 4.79 Å². The van der Waals surface area contributed by atoms with E-state index in [-0.39, 0.29) is 16.8 Å². The predicted octanol–water partition coefficient (Wildman–Crippen LogP) is 3.22. The van der Waals surface area contributed by atoms with Gasteiger partial charge in [0, 0.05) is 44.0 Å². The fourth-order valence-corrected chi connectivity index (χ4v) is 4.19. The molecule has 4 rings (SSSR count). The van der Waals surface area contributed by atoms with E-state index in [2.05, 4.69) is 17.1 Å². The maximum atomic E-state index is 13.1. The molecule has 0 atom stereocenters. The molecule has 2 aromatic carbocycles. The number of nitrogens with zero attached hydrogens (tertiary/aromatic N) is 2. The van der Waals surface area contributed by atoms with Crippen molar-refractivity contribution in [1.82, 2.24) is 14.2 Å². The van der Waals surface area contributed by atoms with E-state index in [1.165, 1.54) is 26.2 Å². The van der Waals surface area contributed by atoms with Gasteiger partial charge in [0.05, 0.1) is 4.90 Å². The molecular weight excluding hydrogens is 374 g/mol. The van der Waals surface area contributed by atoms with E-state index in [1.54, 1.807) is 12.1 Å². The molecule has 6 nitrogen and oxygen atoms in total. The van der Waals surface area contributed by atoms with Crippen molar-refractivity contribution in [2.45, 2.75) is 30.3 Å². The maximum Gasteiger partial charge on any atom is 0.254 e. The zero-order valence-corrected chi connectivity index (χ0v) is 16.7. The van der Waals surface area contributed by atoms with E-state index in [0.29, 0.717) is 12.1 Å². The quantitative estimate of drug-likeness (QED) is 0.694. The number of amides is 1. The Morgan fingerprint density at radius 1 is 1.07 bits per heavy atom. The summed E-state index contributed by atoms with van der Waals surface area (Å²) in [7, 11) is -0.522. The van der Waals surface area contributed by atoms with Crippen LogP contribution in [0.3, 0.4) is 0 Å². The van der Waals surface area contributed by atoms with Crippen LogP contribution in [0.5, 0.6) is 0 Å². The van der Waals surface area contributed by atoms with Gasteiger partial charge in [-0.25, -0.2) is 12.7 Å². The average Bonchev–Trinajstić information content (AvgIpc) is 3.42. The molecule has 1 aliphatic carbocycles. The van der Waals surface area contributed by atoms with Crippen LogP contribution in [0.2, 0.25) is 0 Å². The number of aromatic amines is 1. The summed E-state index contributed by atoms with van der Waals surface area (Å²) in [4.78, 5) is 18.4. The summed E-state index contributed by atoms with van der Waals surface area (Å²) in [6.07, 6.45) is 3.91. The monoisotopic (exact) mass is 397 g/mol. The van der Waals surface area contributed by atoms with Gasteiger partial charge in [0.1, 0.15) is 0 Å². The number of sulfonamides is 1. The van der Waals surface area contributed by atoms with Crippen molar-refractivity contribution in [3.63, 3.8) is 0 Å². The molecule has 28 heavy (non-hydrogen) atoms. The first-order chi connectivity index (χ1) is 13.4. The molecule has 7 heteroatoms. The summed E-state index contributed by atoms with van der Waals surface area (Å²) in [6, 6.07) is 14.6. The van der Waals surface area contributed by atoms with E-state index in [4.69, 9.17) is 0 Å². The molecule has 1 fully saturated rings. The van der Waals surface area contributed by atoms with E-state index >= 15 is 0 Å². The van der Waals surface area contributed by atoms with Crippen LogP contribution < -0.4 is 0 Å². The number of benzene rings is 2. The molecule has 0 bridgehead atoms. The number of hydrogen-bond donors (Lipinski definition) is 1. The summed E-state index contributed by atoms with van der Waals surface area (Å²) >= 11 is 0. The van der Waals surface area contributed by atoms with Crippen LogP contribution in [0.4, 0.5) is 0 Å². The Morgan fingerprint density at radius 3 is 2.43 bits per heavy atom. The fraction of sp³-hybridized carbons (Fsp3) is 0.286. The Hall–Kier alpha value is -2.64. The van der Waals surface area contributed by atoms with Crippen molar-refractivity contribution < 1.29 is 13.2 Å². The smallest absolute Gasteiger partial charge is 0.254 e. The lowest BCUT2D eigenvalue weighted by Gasteiger charge is -2.23. The van der Waals surface area contributed by atoms with Gasteiger partial charge in [0.2, 0.25) is 10.0 Å². The highest BCUT2D eigenvalue weighted by molar-refractivity contribution is 7.89. The highest BCUT2D eigenvalue weighted by atomic mass is 32.2. The van der Waals surface area contributed by atoms with Gasteiger partial charge in [-0.15, -0.1) is 0 Å². The van der Waals surface area contributed by atoms with Crippen molar-refractivity contribution >= 4 is 26.8 Å². The van der Waals surface area contributed by atoms with Crippen LogP contribution in [0.1, 0.15) is 28.8 Å². The van der Waals surface area contributed by atoms with Gasteiger partial charge >= 0.3 is 0 Å². The van der Waals surface area contributed by atoms with Gasteiger partial charge < -0.3 is 9.88 Å². The van der Waals surface area contributed by atoms with Gasteiger partial charge in [0.15, 0.2) is 0 Å². The first kappa shape index (κ1) is 18.7. The zero-order chi connectivity index (χ0) is 19.9. The molecule has 1 aliphatic rings. The maximum absolute atomic E-state index is 13.1. The number of nitrogens with one attached hydrogen (secondary N) is 1. The van der Waals surface area contributed by atoms with Crippen LogP contribution in [-0.4, -0.2) is 48.7 Å². The Kier molecular flexibility index (Phi) is 4.72. The molecule has 3 aromatic rings. The summed E-state index contributed by atoms with van der Waals surface area (Å²) < 4.78 is 25.6. The summed E-state index contributed by atoms with van der Waals surface area (Å²) in [5, 5.41) is 1.14. The van der Waals surface area contributed by atoms with Crippen molar-refractivity contribution in [1.29, 1.82) is 0 Å². The van der Waals surface area contributed by atoms with E-state index in [9.17, 15) is 13.2 Å². The minimum atomic E-state index is -3.50. The molecule has 1 aromatic heterocycles. The van der Waals surface area contributed by atoms with Gasteiger partial charge in [-0.1, -0.05) is 12.1 Å². The van der Waals surface area contributed by atoms with Gasteiger partial charge in [0.25, 0.3) is 5.91 Å². The van der Waals surface area contributed by atoms with E-state index < -0.39 is 10.0 Å². The molecule has 1 amide bonds. The first-order valence-electron chi connectivity index (χ1n) is 9.26. The third-order valence-corrected chi connectivity index (χ3v) is 6.93. The topological polar surface area (TPSA) is 73.5 Å². The summed E-state index contributed by atoms with van der Waals surface area (Å²) in [5.74, 6) is -0.0668. The Morgan fingerprint density at radius 2 is 1.79 bits per heavy atom. The highest BCUT2D eigenvalue weighted by Crippen LogP contribution is 2.30. The number of carbonyl (C=O) groups is 1. The third-order valence-electron chi connectivity index (χ3n) is 5.10. The molecule has 0 radical (unpaired) electrons. The van der Waals surface area contributed by atoms with Crippen molar-refractivity contribution in [2.24, 2.45) is 0 Å². The molecule has 0 unspecified atom stereocenters. The lowest BCUT2D eigenvalue weighted by atomic mass is 10.1. The number of carbonyl (C=O) groups excluding carboxylic acids is 1. The molecule has 1 N–H and O–H groups in total. The SMILES string of the molecule is CN(C)S(=O)(=O)c1ccc(C(=O)N(Cc2ccc3cc[nH]c3c2)C2CC2)cc1. The lowest BCUT2D eigenvalue weighted by Crippen LogP contribution is -2.32. The second-order valence-electron chi connectivity index (χ2n) is 7.38. The molecular formula is C21H23N3O3S. The minimum Gasteiger partial charge on any atom is -0.361 e. The third kappa shape index (κ3) is 3.55. The van der Waals surface area contributed by atoms with Crippen LogP contribution in [0.15, 0.2) is 59.6 Å². The Labute approximate surface area is 164 Å². The van der Waals surface area contributed by atoms with Crippen molar-refractivity contribution in [2.75, 3.05) is 14.1 Å². The van der Waals surface area contributed by atoms with Crippen LogP contribution in [0, 0.1) is 0 Å². The minimum absolute atomic E-state index is 0.0668. The number of H-pyrrole nitrogens is 1. The van der Waals surface area contributed by atoms with Crippen LogP contribution >= 0.6 is 0 Å². The van der Waals surface area contributed by atoms with Crippen LogP contribution in [-0.2, 0) is 16.6 Å². The number of rotatable bonds is 6. The predicted molar refractivity (Wildman–Crippen MR) is 109 cm³/mol. The first-order valence-corrected chi connectivity index (χ1v) is 10.7. The van der Waals surface area contributed by atoms with Crippen LogP contribution in [0.25, 0.3) is 10.9 Å². The summed E-state index contributed by atoms with van der Waals surface area (Å²) in [6.45, 7) is 0.538. The second kappa shape index (κ2) is 7.07. The highest BCUT2D eigenvalue weighted by Gasteiger charge is 2.33. The Balaban J connectivity index is 1.57. The average molecular weight is 398 g/mol. The normalized spacial score (nSPS) is 14.5. The van der Waals surface area contributed by atoms with E-state index in [1.807, 2.05) is 23.2 Å². The van der Waals surface area contributed by atoms with Gasteiger partial charge in [-0.05, 0) is 60.2 Å². The summed E-state index contributed by atoms with van der Waals surface area (Å²) in [5.41, 5.74) is 2.63. The van der Waals surface area contributed by atoms with E-state index in [0.717, 1.165) is 33.6 Å². The van der Waals surface area contributed by atoms with Gasteiger partial charge in [-0.2, -0.15) is 0 Å².